The van der Waals surface area contributed by atoms with Crippen molar-refractivity contribution in [3.8, 4) is 0 Å². The largest absolute Gasteiger partial charge is 0.443 e. The van der Waals surface area contributed by atoms with Crippen LogP contribution in [0.5, 0.6) is 0 Å². The number of hydrogen-bond acceptors (Lipinski definition) is 4. The Kier molecular flexibility index (Phi) is 5.49. The van der Waals surface area contributed by atoms with Gasteiger partial charge in [-0.1, -0.05) is 18.6 Å². The molecule has 1 aromatic carbocycles. The lowest BCUT2D eigenvalue weighted by Gasteiger charge is -2.35. The number of carbonyl (C=O) groups is 1. The Morgan fingerprint density at radius 3 is 2.82 bits per heavy atom. The van der Waals surface area contributed by atoms with E-state index in [1.54, 1.807) is 12.3 Å². The van der Waals surface area contributed by atoms with E-state index in [-0.39, 0.29) is 11.7 Å². The Bertz CT molecular complexity index is 831. The standard InChI is InChI=1S/C22H28FN3O2/c1-22(9-6-12-26(22)20(27)16-25-10-3-2-4-11-25)21-24-15-19(28-21)14-17-7-5-8-18(23)13-17/h5,7-8,13,15H,2-4,6,9-12,14,16H2,1H3/t22-/m0/s1. The summed E-state index contributed by atoms with van der Waals surface area (Å²) in [6.45, 7) is 5.28. The molecule has 0 unspecified atom stereocenters. The molecule has 0 N–H and O–H groups in total. The molecule has 5 nitrogen and oxygen atoms in total. The molecule has 0 aliphatic carbocycles. The maximum absolute atomic E-state index is 13.4. The molecule has 150 valence electrons. The van der Waals surface area contributed by atoms with Gasteiger partial charge in [0.1, 0.15) is 17.1 Å². The summed E-state index contributed by atoms with van der Waals surface area (Å²) in [6.07, 6.45) is 7.60. The van der Waals surface area contributed by atoms with E-state index >= 15 is 0 Å². The molecule has 0 saturated carbocycles. The monoisotopic (exact) mass is 385 g/mol. The average molecular weight is 385 g/mol. The fourth-order valence-electron chi connectivity index (χ4n) is 4.47. The van der Waals surface area contributed by atoms with Crippen molar-refractivity contribution in [3.05, 3.63) is 53.5 Å². The summed E-state index contributed by atoms with van der Waals surface area (Å²) in [5, 5.41) is 0. The predicted molar refractivity (Wildman–Crippen MR) is 104 cm³/mol. The Labute approximate surface area is 165 Å². The zero-order chi connectivity index (χ0) is 19.6. The highest BCUT2D eigenvalue weighted by molar-refractivity contribution is 5.79. The first-order valence-corrected chi connectivity index (χ1v) is 10.3. The molecule has 2 aliphatic heterocycles. The topological polar surface area (TPSA) is 49.6 Å². The van der Waals surface area contributed by atoms with Crippen LogP contribution in [0.15, 0.2) is 34.9 Å². The van der Waals surface area contributed by atoms with E-state index in [9.17, 15) is 9.18 Å². The number of aromatic nitrogens is 1. The van der Waals surface area contributed by atoms with Crippen LogP contribution >= 0.6 is 0 Å². The third-order valence-corrected chi connectivity index (χ3v) is 6.03. The molecule has 6 heteroatoms. The van der Waals surface area contributed by atoms with Gasteiger partial charge in [0.2, 0.25) is 11.8 Å². The van der Waals surface area contributed by atoms with Crippen molar-refractivity contribution in [2.24, 2.45) is 0 Å². The Hall–Kier alpha value is -2.21. The van der Waals surface area contributed by atoms with Crippen molar-refractivity contribution in [1.82, 2.24) is 14.8 Å². The minimum Gasteiger partial charge on any atom is -0.443 e. The number of piperidine rings is 1. The van der Waals surface area contributed by atoms with Crippen molar-refractivity contribution in [3.63, 3.8) is 0 Å². The molecule has 0 spiro atoms. The number of carbonyl (C=O) groups excluding carboxylic acids is 1. The predicted octanol–water partition coefficient (Wildman–Crippen LogP) is 3.73. The number of halogens is 1. The number of nitrogens with zero attached hydrogens (tertiary/aromatic N) is 3. The molecular weight excluding hydrogens is 357 g/mol. The first-order valence-electron chi connectivity index (χ1n) is 10.3. The zero-order valence-corrected chi connectivity index (χ0v) is 16.5. The fraction of sp³-hybridized carbons (Fsp3) is 0.545. The SMILES string of the molecule is C[C@@]1(c2ncc(Cc3cccc(F)c3)o2)CCCN1C(=O)CN1CCCCC1. The minimum atomic E-state index is -0.507. The normalized spacial score (nSPS) is 23.3. The van der Waals surface area contributed by atoms with Crippen LogP contribution in [0.4, 0.5) is 4.39 Å². The minimum absolute atomic E-state index is 0.159. The summed E-state index contributed by atoms with van der Waals surface area (Å²) in [7, 11) is 0. The lowest BCUT2D eigenvalue weighted by atomic mass is 9.98. The van der Waals surface area contributed by atoms with E-state index in [1.807, 2.05) is 17.9 Å². The Balaban J connectivity index is 1.47. The number of likely N-dealkylation sites (tertiary alicyclic amines) is 2. The van der Waals surface area contributed by atoms with Crippen LogP contribution in [0.2, 0.25) is 0 Å². The second kappa shape index (κ2) is 8.03. The highest BCUT2D eigenvalue weighted by Crippen LogP contribution is 2.38. The van der Waals surface area contributed by atoms with Crippen LogP contribution in [0.25, 0.3) is 0 Å². The van der Waals surface area contributed by atoms with Crippen LogP contribution < -0.4 is 0 Å². The van der Waals surface area contributed by atoms with Crippen LogP contribution in [0.1, 0.15) is 56.2 Å². The summed E-state index contributed by atoms with van der Waals surface area (Å²) in [6, 6.07) is 6.51. The van der Waals surface area contributed by atoms with Gasteiger partial charge in [-0.3, -0.25) is 9.69 Å². The van der Waals surface area contributed by atoms with Gasteiger partial charge < -0.3 is 9.32 Å². The van der Waals surface area contributed by atoms with E-state index in [4.69, 9.17) is 4.42 Å². The smallest absolute Gasteiger partial charge is 0.237 e. The number of benzene rings is 1. The molecule has 1 atom stereocenters. The van der Waals surface area contributed by atoms with Gasteiger partial charge in [0, 0.05) is 13.0 Å². The van der Waals surface area contributed by atoms with Gasteiger partial charge in [0.15, 0.2) is 0 Å². The van der Waals surface area contributed by atoms with Crippen molar-refractivity contribution < 1.29 is 13.6 Å². The second-order valence-electron chi connectivity index (χ2n) is 8.20. The van der Waals surface area contributed by atoms with Crippen LogP contribution in [-0.2, 0) is 16.8 Å². The van der Waals surface area contributed by atoms with Gasteiger partial charge in [-0.25, -0.2) is 9.37 Å². The van der Waals surface area contributed by atoms with E-state index in [2.05, 4.69) is 9.88 Å². The quantitative estimate of drug-likeness (QED) is 0.787. The van der Waals surface area contributed by atoms with Gasteiger partial charge in [-0.15, -0.1) is 0 Å². The van der Waals surface area contributed by atoms with E-state index in [0.717, 1.165) is 38.0 Å². The molecule has 3 heterocycles. The van der Waals surface area contributed by atoms with Crippen LogP contribution in [0.3, 0.4) is 0 Å². The Morgan fingerprint density at radius 1 is 1.21 bits per heavy atom. The number of hydrogen-bond donors (Lipinski definition) is 0. The highest BCUT2D eigenvalue weighted by atomic mass is 19.1. The molecule has 0 bridgehead atoms. The average Bonchev–Trinajstić information content (AvgIpc) is 3.30. The molecule has 2 aromatic rings. The third kappa shape index (κ3) is 3.97. The van der Waals surface area contributed by atoms with Gasteiger partial charge >= 0.3 is 0 Å². The molecule has 4 rings (SSSR count). The molecule has 2 fully saturated rings. The molecule has 0 radical (unpaired) electrons. The first kappa shape index (κ1) is 19.1. The molecule has 28 heavy (non-hydrogen) atoms. The molecule has 1 amide bonds. The van der Waals surface area contributed by atoms with Crippen molar-refractivity contribution in [2.45, 2.75) is 51.0 Å². The first-order chi connectivity index (χ1) is 13.5. The van der Waals surface area contributed by atoms with Gasteiger partial charge in [-0.05, 0) is 63.4 Å². The van der Waals surface area contributed by atoms with Crippen molar-refractivity contribution in [1.29, 1.82) is 0 Å². The van der Waals surface area contributed by atoms with Gasteiger partial charge in [-0.2, -0.15) is 0 Å². The van der Waals surface area contributed by atoms with Crippen molar-refractivity contribution in [2.75, 3.05) is 26.2 Å². The van der Waals surface area contributed by atoms with Crippen molar-refractivity contribution >= 4 is 5.91 Å². The number of rotatable bonds is 5. The summed E-state index contributed by atoms with van der Waals surface area (Å²) < 4.78 is 19.5. The fourth-order valence-corrected chi connectivity index (χ4v) is 4.47. The van der Waals surface area contributed by atoms with Gasteiger partial charge in [0.25, 0.3) is 0 Å². The maximum Gasteiger partial charge on any atom is 0.237 e. The zero-order valence-electron chi connectivity index (χ0n) is 16.5. The lowest BCUT2D eigenvalue weighted by Crippen LogP contribution is -2.48. The molecule has 1 aromatic heterocycles. The summed E-state index contributed by atoms with van der Waals surface area (Å²) in [5.41, 5.74) is 0.338. The highest BCUT2D eigenvalue weighted by Gasteiger charge is 2.44. The van der Waals surface area contributed by atoms with Gasteiger partial charge in [0.05, 0.1) is 12.7 Å². The Morgan fingerprint density at radius 2 is 2.04 bits per heavy atom. The maximum atomic E-state index is 13.4. The summed E-state index contributed by atoms with van der Waals surface area (Å²) in [5.74, 6) is 1.18. The van der Waals surface area contributed by atoms with Crippen LogP contribution in [-0.4, -0.2) is 46.9 Å². The summed E-state index contributed by atoms with van der Waals surface area (Å²) >= 11 is 0. The van der Waals surface area contributed by atoms with E-state index in [1.165, 1.54) is 31.4 Å². The number of oxazole rings is 1. The molecule has 2 saturated heterocycles. The lowest BCUT2D eigenvalue weighted by molar-refractivity contribution is -0.137. The third-order valence-electron chi connectivity index (χ3n) is 6.03. The molecular formula is C22H28FN3O2. The van der Waals surface area contributed by atoms with E-state index in [0.29, 0.717) is 24.6 Å². The number of amides is 1. The molecule has 2 aliphatic rings. The second-order valence-corrected chi connectivity index (χ2v) is 8.20. The van der Waals surface area contributed by atoms with Crippen LogP contribution in [0, 0.1) is 5.82 Å². The summed E-state index contributed by atoms with van der Waals surface area (Å²) in [4.78, 5) is 21.7. The van der Waals surface area contributed by atoms with E-state index < -0.39 is 5.54 Å².